The second kappa shape index (κ2) is 6.63. The molecule has 0 aromatic rings. The van der Waals surface area contributed by atoms with Crippen LogP contribution in [0.2, 0.25) is 0 Å². The summed E-state index contributed by atoms with van der Waals surface area (Å²) in [6.45, 7) is 10.7. The Morgan fingerprint density at radius 2 is 1.95 bits per heavy atom. The zero-order valence-corrected chi connectivity index (χ0v) is 14.4. The number of carbonyl (C=O) groups excluding carboxylic acids is 3. The minimum Gasteiger partial charge on any atom is -0.443 e. The summed E-state index contributed by atoms with van der Waals surface area (Å²) < 4.78 is 5.36. The molecule has 0 saturated carbocycles. The van der Waals surface area contributed by atoms with Crippen LogP contribution in [0.3, 0.4) is 0 Å². The number of rotatable bonds is 5. The Morgan fingerprint density at radius 3 is 2.41 bits per heavy atom. The highest BCUT2D eigenvalue weighted by Gasteiger charge is 2.48. The molecule has 2 amide bonds. The van der Waals surface area contributed by atoms with Gasteiger partial charge in [0.05, 0.1) is 5.54 Å². The smallest absolute Gasteiger partial charge is 0.418 e. The summed E-state index contributed by atoms with van der Waals surface area (Å²) in [6, 6.07) is 0. The van der Waals surface area contributed by atoms with Crippen LogP contribution in [0, 0.1) is 5.92 Å². The third-order valence-corrected chi connectivity index (χ3v) is 3.84. The highest BCUT2D eigenvalue weighted by Crippen LogP contribution is 2.37. The quantitative estimate of drug-likeness (QED) is 0.780. The first-order chi connectivity index (χ1) is 10.0. The van der Waals surface area contributed by atoms with Crippen LogP contribution in [0.25, 0.3) is 0 Å². The van der Waals surface area contributed by atoms with Crippen LogP contribution in [0.1, 0.15) is 60.8 Å². The molecule has 1 aliphatic heterocycles. The minimum absolute atomic E-state index is 0.0524. The molecule has 0 aromatic heterocycles. The fraction of sp³-hybridized carbons (Fsp3) is 0.706. The summed E-state index contributed by atoms with van der Waals surface area (Å²) in [4.78, 5) is 37.3. The second-order valence-electron chi connectivity index (χ2n) is 7.10. The van der Waals surface area contributed by atoms with E-state index in [4.69, 9.17) is 4.74 Å². The maximum atomic E-state index is 12.4. The highest BCUT2D eigenvalue weighted by atomic mass is 16.6. The Labute approximate surface area is 132 Å². The third kappa shape index (κ3) is 4.18. The number of Topliss-reactive ketones (excluding diaryl/α,β-unsaturated/α-hetero) is 1. The van der Waals surface area contributed by atoms with Gasteiger partial charge in [-0.1, -0.05) is 19.4 Å². The number of carbonyl (C=O) groups is 3. The van der Waals surface area contributed by atoms with Gasteiger partial charge in [-0.05, 0) is 47.0 Å². The van der Waals surface area contributed by atoms with Gasteiger partial charge in [0, 0.05) is 12.5 Å². The zero-order chi connectivity index (χ0) is 17.1. The summed E-state index contributed by atoms with van der Waals surface area (Å²) in [5.74, 6) is -0.441. The van der Waals surface area contributed by atoms with E-state index in [2.05, 4.69) is 0 Å². The first kappa shape index (κ1) is 18.4. The Morgan fingerprint density at radius 1 is 1.36 bits per heavy atom. The molecule has 0 unspecified atom stereocenters. The van der Waals surface area contributed by atoms with Crippen molar-refractivity contribution in [2.45, 2.75) is 71.9 Å². The lowest BCUT2D eigenvalue weighted by molar-refractivity contribution is -0.130. The van der Waals surface area contributed by atoms with E-state index in [1.54, 1.807) is 26.8 Å². The van der Waals surface area contributed by atoms with E-state index in [0.29, 0.717) is 6.42 Å². The van der Waals surface area contributed by atoms with Crippen LogP contribution in [-0.4, -0.2) is 33.8 Å². The van der Waals surface area contributed by atoms with Gasteiger partial charge in [0.1, 0.15) is 11.4 Å². The number of imide groups is 1. The average molecular weight is 309 g/mol. The van der Waals surface area contributed by atoms with Gasteiger partial charge in [0.2, 0.25) is 0 Å². The monoisotopic (exact) mass is 309 g/mol. The van der Waals surface area contributed by atoms with Gasteiger partial charge in [-0.2, -0.15) is 0 Å². The van der Waals surface area contributed by atoms with Crippen molar-refractivity contribution in [1.82, 2.24) is 4.90 Å². The fourth-order valence-corrected chi connectivity index (χ4v) is 2.84. The number of nitrogens with zero attached hydrogens (tertiary/aromatic N) is 1. The van der Waals surface area contributed by atoms with Crippen molar-refractivity contribution in [3.63, 3.8) is 0 Å². The molecule has 1 heterocycles. The van der Waals surface area contributed by atoms with E-state index in [9.17, 15) is 14.4 Å². The van der Waals surface area contributed by atoms with Crippen LogP contribution in [-0.2, 0) is 14.3 Å². The van der Waals surface area contributed by atoms with Crippen molar-refractivity contribution in [3.8, 4) is 0 Å². The van der Waals surface area contributed by atoms with Crippen LogP contribution in [0.15, 0.2) is 12.2 Å². The molecule has 5 heteroatoms. The number of hydrogen-bond donors (Lipinski definition) is 0. The van der Waals surface area contributed by atoms with Gasteiger partial charge >= 0.3 is 6.09 Å². The number of amides is 2. The Hall–Kier alpha value is -1.65. The van der Waals surface area contributed by atoms with Crippen molar-refractivity contribution < 1.29 is 19.1 Å². The van der Waals surface area contributed by atoms with Gasteiger partial charge in [-0.25, -0.2) is 9.69 Å². The topological polar surface area (TPSA) is 63.7 Å². The van der Waals surface area contributed by atoms with Gasteiger partial charge in [-0.3, -0.25) is 4.79 Å². The molecule has 5 nitrogen and oxygen atoms in total. The molecule has 0 fully saturated rings. The number of ether oxygens (including phenoxy) is 1. The molecule has 22 heavy (non-hydrogen) atoms. The Kier molecular flexibility index (Phi) is 5.54. The molecule has 1 aliphatic rings. The van der Waals surface area contributed by atoms with Crippen molar-refractivity contribution in [2.24, 2.45) is 5.92 Å². The van der Waals surface area contributed by atoms with E-state index in [-0.39, 0.29) is 17.6 Å². The van der Waals surface area contributed by atoms with Crippen molar-refractivity contribution in [1.29, 1.82) is 0 Å². The van der Waals surface area contributed by atoms with Gasteiger partial charge in [-0.15, -0.1) is 0 Å². The van der Waals surface area contributed by atoms with Crippen LogP contribution >= 0.6 is 0 Å². The molecular weight excluding hydrogens is 282 g/mol. The molecule has 0 radical (unpaired) electrons. The molecule has 124 valence electrons. The lowest BCUT2D eigenvalue weighted by Gasteiger charge is -2.40. The lowest BCUT2D eigenvalue weighted by Crippen LogP contribution is -2.54. The Bertz CT molecular complexity index is 489. The molecule has 1 rings (SSSR count). The van der Waals surface area contributed by atoms with Gasteiger partial charge < -0.3 is 9.53 Å². The average Bonchev–Trinajstić information content (AvgIpc) is 2.63. The lowest BCUT2D eigenvalue weighted by atomic mass is 9.79. The second-order valence-corrected chi connectivity index (χ2v) is 7.10. The predicted octanol–water partition coefficient (Wildman–Crippen LogP) is 3.47. The molecule has 0 spiro atoms. The van der Waals surface area contributed by atoms with Crippen molar-refractivity contribution in [2.75, 3.05) is 0 Å². The van der Waals surface area contributed by atoms with E-state index in [1.807, 2.05) is 13.8 Å². The SMILES string of the molecule is CCC[C@H](CC(C)=O)[C@]1(C)C=CC(=O)N1C(=O)OC(C)(C)C. The van der Waals surface area contributed by atoms with Crippen LogP contribution < -0.4 is 0 Å². The van der Waals surface area contributed by atoms with Gasteiger partial charge in [0.25, 0.3) is 5.91 Å². The maximum absolute atomic E-state index is 12.4. The number of ketones is 1. The van der Waals surface area contributed by atoms with E-state index < -0.39 is 17.2 Å². The zero-order valence-electron chi connectivity index (χ0n) is 14.4. The van der Waals surface area contributed by atoms with E-state index in [0.717, 1.165) is 17.7 Å². The fourth-order valence-electron chi connectivity index (χ4n) is 2.84. The van der Waals surface area contributed by atoms with Crippen molar-refractivity contribution >= 4 is 17.8 Å². The molecule has 0 saturated heterocycles. The molecule has 0 bridgehead atoms. The Balaban J connectivity index is 3.10. The summed E-state index contributed by atoms with van der Waals surface area (Å²) in [7, 11) is 0. The number of hydrogen-bond acceptors (Lipinski definition) is 4. The van der Waals surface area contributed by atoms with Crippen LogP contribution in [0.4, 0.5) is 4.79 Å². The molecule has 0 aromatic carbocycles. The molecule has 0 N–H and O–H groups in total. The summed E-state index contributed by atoms with van der Waals surface area (Å²) in [5.41, 5.74) is -1.50. The van der Waals surface area contributed by atoms with Gasteiger partial charge in [0.15, 0.2) is 0 Å². The summed E-state index contributed by atoms with van der Waals surface area (Å²) in [6.07, 6.45) is 4.43. The molecular formula is C17H27NO4. The molecule has 0 aliphatic carbocycles. The van der Waals surface area contributed by atoms with E-state index >= 15 is 0 Å². The summed E-state index contributed by atoms with van der Waals surface area (Å²) >= 11 is 0. The predicted molar refractivity (Wildman–Crippen MR) is 84.3 cm³/mol. The molecule has 2 atom stereocenters. The maximum Gasteiger partial charge on any atom is 0.418 e. The largest absolute Gasteiger partial charge is 0.443 e. The normalized spacial score (nSPS) is 22.8. The van der Waals surface area contributed by atoms with E-state index in [1.165, 1.54) is 13.0 Å². The highest BCUT2D eigenvalue weighted by molar-refractivity contribution is 6.02. The minimum atomic E-state index is -0.818. The third-order valence-electron chi connectivity index (χ3n) is 3.84. The van der Waals surface area contributed by atoms with Crippen LogP contribution in [0.5, 0.6) is 0 Å². The standard InChI is InChI=1S/C17H27NO4/c1-7-8-13(11-12(2)19)17(6)10-9-14(20)18(17)15(21)22-16(3,4)5/h9-10,13H,7-8,11H2,1-6H3/t13-,17+/m1/s1. The first-order valence-electron chi connectivity index (χ1n) is 7.77. The summed E-state index contributed by atoms with van der Waals surface area (Å²) in [5, 5.41) is 0. The van der Waals surface area contributed by atoms with Crippen molar-refractivity contribution in [3.05, 3.63) is 12.2 Å². The first-order valence-corrected chi connectivity index (χ1v) is 7.77.